The molecule has 0 atom stereocenters. The Bertz CT molecular complexity index is 501. The standard InChI is InChI=1S/C9H19O5P.C7H13IO2.C3H9O3P/c1-9(2)13-5-8(6-14-9)7-15(10,11-3)12-4;1-7(2)9-4-6(3-8)5-10-7;1-4-7(5-2)6-3/h8H,5-7H2,1-4H3;6H,3-5H2,1-2H3;1-3H3. The Kier molecular flexibility index (Phi) is 17.2. The number of rotatable bonds is 8. The first-order valence-electron chi connectivity index (χ1n) is 10.1. The van der Waals surface area contributed by atoms with Crippen molar-refractivity contribution in [2.75, 3.05) is 72.6 Å². The Hall–Kier alpha value is 1.03. The molecule has 0 aromatic carbocycles. The first-order chi connectivity index (χ1) is 14.9. The Labute approximate surface area is 208 Å². The summed E-state index contributed by atoms with van der Waals surface area (Å²) in [4.78, 5) is 0. The van der Waals surface area contributed by atoms with Crippen LogP contribution in [-0.2, 0) is 46.1 Å². The van der Waals surface area contributed by atoms with Crippen LogP contribution in [0.3, 0.4) is 0 Å². The molecule has 2 rings (SSSR count). The predicted octanol–water partition coefficient (Wildman–Crippen LogP) is 4.84. The molecule has 2 aliphatic heterocycles. The van der Waals surface area contributed by atoms with E-state index in [1.807, 2.05) is 27.7 Å². The van der Waals surface area contributed by atoms with Gasteiger partial charge < -0.3 is 41.6 Å². The molecule has 2 aliphatic rings. The molecule has 0 aromatic rings. The van der Waals surface area contributed by atoms with Gasteiger partial charge in [-0.15, -0.1) is 0 Å². The fourth-order valence-corrected chi connectivity index (χ4v) is 4.66. The van der Waals surface area contributed by atoms with E-state index in [1.54, 1.807) is 21.3 Å². The molecular weight excluding hydrogens is 577 g/mol. The van der Waals surface area contributed by atoms with Gasteiger partial charge in [-0.2, -0.15) is 0 Å². The van der Waals surface area contributed by atoms with E-state index in [0.717, 1.165) is 17.6 Å². The van der Waals surface area contributed by atoms with Crippen molar-refractivity contribution in [1.29, 1.82) is 0 Å². The molecule has 10 nitrogen and oxygen atoms in total. The monoisotopic (exact) mass is 618 g/mol. The van der Waals surface area contributed by atoms with Crippen molar-refractivity contribution in [3.8, 4) is 0 Å². The maximum atomic E-state index is 11.8. The van der Waals surface area contributed by atoms with E-state index in [2.05, 4.69) is 36.2 Å². The average molecular weight is 618 g/mol. The van der Waals surface area contributed by atoms with Crippen molar-refractivity contribution >= 4 is 38.8 Å². The highest BCUT2D eigenvalue weighted by molar-refractivity contribution is 14.1. The fraction of sp³-hybridized carbons (Fsp3) is 1.00. The third kappa shape index (κ3) is 14.4. The summed E-state index contributed by atoms with van der Waals surface area (Å²) in [6, 6.07) is 0. The SMILES string of the molecule is CC1(C)OCC(CI)CO1.COP(=O)(CC1COC(C)(C)OC1)OC.COP(OC)OC. The van der Waals surface area contributed by atoms with E-state index >= 15 is 0 Å². The van der Waals surface area contributed by atoms with E-state index in [0.29, 0.717) is 25.3 Å². The van der Waals surface area contributed by atoms with Crippen LogP contribution in [0.15, 0.2) is 0 Å². The number of hydrogen-bond donors (Lipinski definition) is 0. The molecule has 2 saturated heterocycles. The van der Waals surface area contributed by atoms with Gasteiger partial charge in [0.2, 0.25) is 0 Å². The minimum atomic E-state index is -2.95. The molecule has 0 spiro atoms. The van der Waals surface area contributed by atoms with Crippen LogP contribution in [0.4, 0.5) is 0 Å². The van der Waals surface area contributed by atoms with Gasteiger partial charge in [0.1, 0.15) is 0 Å². The topological polar surface area (TPSA) is 100 Å². The Morgan fingerprint density at radius 1 is 0.781 bits per heavy atom. The summed E-state index contributed by atoms with van der Waals surface area (Å²) in [5.41, 5.74) is 0. The molecule has 0 aromatic heterocycles. The lowest BCUT2D eigenvalue weighted by Gasteiger charge is -2.35. The normalized spacial score (nSPS) is 21.3. The summed E-state index contributed by atoms with van der Waals surface area (Å²) in [6.07, 6.45) is 0.329. The van der Waals surface area contributed by atoms with Crippen molar-refractivity contribution in [3.05, 3.63) is 0 Å². The lowest BCUT2D eigenvalue weighted by Crippen LogP contribution is -2.40. The smallest absolute Gasteiger partial charge is 0.331 e. The largest absolute Gasteiger partial charge is 0.350 e. The van der Waals surface area contributed by atoms with Gasteiger partial charge in [-0.1, -0.05) is 22.6 Å². The van der Waals surface area contributed by atoms with Crippen molar-refractivity contribution in [2.45, 2.75) is 39.3 Å². The minimum absolute atomic E-state index is 0.0590. The van der Waals surface area contributed by atoms with Gasteiger partial charge in [-0.3, -0.25) is 4.57 Å². The quantitative estimate of drug-likeness (QED) is 0.213. The predicted molar refractivity (Wildman–Crippen MR) is 132 cm³/mol. The third-order valence-corrected chi connectivity index (χ3v) is 8.59. The Balaban J connectivity index is 0.000000489. The summed E-state index contributed by atoms with van der Waals surface area (Å²) < 4.78 is 58.5. The molecule has 0 saturated carbocycles. The van der Waals surface area contributed by atoms with Crippen LogP contribution in [0.25, 0.3) is 0 Å². The number of halogens is 1. The zero-order valence-corrected chi connectivity index (χ0v) is 24.7. The van der Waals surface area contributed by atoms with Crippen molar-refractivity contribution in [3.63, 3.8) is 0 Å². The highest BCUT2D eigenvalue weighted by atomic mass is 127. The molecule has 194 valence electrons. The summed E-state index contributed by atoms with van der Waals surface area (Å²) in [6.45, 7) is 10.3. The summed E-state index contributed by atoms with van der Waals surface area (Å²) >= 11 is 2.36. The van der Waals surface area contributed by atoms with Gasteiger partial charge in [0, 0.05) is 51.8 Å². The van der Waals surface area contributed by atoms with Crippen LogP contribution in [0, 0.1) is 11.8 Å². The maximum absolute atomic E-state index is 11.8. The molecule has 0 unspecified atom stereocenters. The van der Waals surface area contributed by atoms with Crippen LogP contribution in [0.5, 0.6) is 0 Å². The van der Waals surface area contributed by atoms with Gasteiger partial charge in [0.25, 0.3) is 0 Å². The minimum Gasteiger partial charge on any atom is -0.350 e. The first kappa shape index (κ1) is 33.0. The fourth-order valence-electron chi connectivity index (χ4n) is 2.41. The number of alkyl halides is 1. The maximum Gasteiger partial charge on any atom is 0.331 e. The molecule has 0 bridgehead atoms. The van der Waals surface area contributed by atoms with Gasteiger partial charge in [0.15, 0.2) is 11.6 Å². The second-order valence-corrected chi connectivity index (χ2v) is 12.6. The van der Waals surface area contributed by atoms with E-state index in [-0.39, 0.29) is 11.7 Å². The summed E-state index contributed by atoms with van der Waals surface area (Å²) in [5, 5.41) is 0. The van der Waals surface area contributed by atoms with Crippen LogP contribution in [0.1, 0.15) is 27.7 Å². The molecule has 2 fully saturated rings. The van der Waals surface area contributed by atoms with Crippen molar-refractivity contribution in [2.24, 2.45) is 11.8 Å². The van der Waals surface area contributed by atoms with E-state index in [1.165, 1.54) is 14.2 Å². The molecule has 0 radical (unpaired) electrons. The molecule has 0 amide bonds. The number of hydrogen-bond acceptors (Lipinski definition) is 10. The van der Waals surface area contributed by atoms with Gasteiger partial charge in [-0.05, 0) is 27.7 Å². The summed E-state index contributed by atoms with van der Waals surface area (Å²) in [5.74, 6) is -0.236. The van der Waals surface area contributed by atoms with Gasteiger partial charge >= 0.3 is 16.2 Å². The lowest BCUT2D eigenvalue weighted by molar-refractivity contribution is -0.259. The number of ether oxygens (including phenoxy) is 4. The third-order valence-electron chi connectivity index (χ3n) is 4.37. The lowest BCUT2D eigenvalue weighted by atomic mass is 10.2. The molecular formula is C19H41IO10P2. The van der Waals surface area contributed by atoms with E-state index in [4.69, 9.17) is 28.0 Å². The van der Waals surface area contributed by atoms with Crippen molar-refractivity contribution < 1.29 is 46.1 Å². The summed E-state index contributed by atoms with van der Waals surface area (Å²) in [7, 11) is 3.39. The van der Waals surface area contributed by atoms with E-state index in [9.17, 15) is 4.57 Å². The van der Waals surface area contributed by atoms with Crippen molar-refractivity contribution in [1.82, 2.24) is 0 Å². The highest BCUT2D eigenvalue weighted by Crippen LogP contribution is 2.48. The van der Waals surface area contributed by atoms with E-state index < -0.39 is 22.0 Å². The first-order valence-corrected chi connectivity index (χ1v) is 14.5. The molecule has 13 heteroatoms. The van der Waals surface area contributed by atoms with Gasteiger partial charge in [-0.25, -0.2) is 0 Å². The zero-order chi connectivity index (χ0) is 24.8. The second kappa shape index (κ2) is 16.7. The average Bonchev–Trinajstić information content (AvgIpc) is 2.77. The zero-order valence-electron chi connectivity index (χ0n) is 20.8. The van der Waals surface area contributed by atoms with Crippen LogP contribution < -0.4 is 0 Å². The Morgan fingerprint density at radius 2 is 1.12 bits per heavy atom. The molecule has 2 heterocycles. The molecule has 0 aliphatic carbocycles. The van der Waals surface area contributed by atoms with Crippen LogP contribution >= 0.6 is 38.8 Å². The van der Waals surface area contributed by atoms with Crippen LogP contribution in [0.2, 0.25) is 0 Å². The Morgan fingerprint density at radius 3 is 1.38 bits per heavy atom. The second-order valence-electron chi connectivity index (χ2n) is 7.86. The van der Waals surface area contributed by atoms with Crippen LogP contribution in [-0.4, -0.2) is 84.1 Å². The molecule has 32 heavy (non-hydrogen) atoms. The molecule has 0 N–H and O–H groups in total. The van der Waals surface area contributed by atoms with Gasteiger partial charge in [0.05, 0.1) is 32.6 Å². The highest BCUT2D eigenvalue weighted by Gasteiger charge is 2.34.